The molecule has 31 heavy (non-hydrogen) atoms. The van der Waals surface area contributed by atoms with E-state index in [1.165, 1.54) is 0 Å². The summed E-state index contributed by atoms with van der Waals surface area (Å²) < 4.78 is 17.0. The summed E-state index contributed by atoms with van der Waals surface area (Å²) in [7, 11) is 1.60. The molecule has 4 unspecified atom stereocenters. The molecule has 2 aromatic rings. The normalized spacial score (nSPS) is 25.0. The number of anilines is 2. The van der Waals surface area contributed by atoms with Gasteiger partial charge in [-0.1, -0.05) is 20.8 Å². The Morgan fingerprint density at radius 2 is 1.74 bits per heavy atom. The molecule has 2 aliphatic rings. The fourth-order valence-corrected chi connectivity index (χ4v) is 3.77. The maximum atomic E-state index is 12.4. The SMILES string of the molecule is COc1ccc(NC(=O)NC2COC3C(Nc4nccc(C(C)(C)C)n4)COC23)cc1. The zero-order valence-corrected chi connectivity index (χ0v) is 18.2. The molecule has 9 nitrogen and oxygen atoms in total. The van der Waals surface area contributed by atoms with Gasteiger partial charge in [-0.25, -0.2) is 14.8 Å². The van der Waals surface area contributed by atoms with Crippen molar-refractivity contribution >= 4 is 17.7 Å². The van der Waals surface area contributed by atoms with Gasteiger partial charge in [-0.2, -0.15) is 0 Å². The number of amides is 2. The standard InChI is InChI=1S/C22H29N5O4/c1-22(2,3)17-9-10-23-20(27-17)25-15-11-30-19-16(12-31-18(15)19)26-21(28)24-13-5-7-14(29-4)8-6-13/h5-10,15-16,18-19H,11-12H2,1-4H3,(H,23,25,27)(H2,24,26,28). The van der Waals surface area contributed by atoms with Crippen LogP contribution in [0.25, 0.3) is 0 Å². The van der Waals surface area contributed by atoms with E-state index in [4.69, 9.17) is 14.2 Å². The molecular formula is C22H29N5O4. The number of hydrogen-bond donors (Lipinski definition) is 3. The molecule has 0 spiro atoms. The molecule has 1 aromatic heterocycles. The van der Waals surface area contributed by atoms with E-state index in [2.05, 4.69) is 46.7 Å². The van der Waals surface area contributed by atoms with Crippen LogP contribution in [0.5, 0.6) is 5.75 Å². The van der Waals surface area contributed by atoms with Crippen molar-refractivity contribution in [3.63, 3.8) is 0 Å². The van der Waals surface area contributed by atoms with Crippen LogP contribution < -0.4 is 20.7 Å². The van der Waals surface area contributed by atoms with Crippen molar-refractivity contribution in [3.05, 3.63) is 42.2 Å². The molecule has 4 rings (SSSR count). The summed E-state index contributed by atoms with van der Waals surface area (Å²) in [4.78, 5) is 21.4. The van der Waals surface area contributed by atoms with Crippen LogP contribution >= 0.6 is 0 Å². The van der Waals surface area contributed by atoms with E-state index in [9.17, 15) is 4.79 Å². The lowest BCUT2D eigenvalue weighted by Crippen LogP contribution is -2.46. The number of benzene rings is 1. The molecule has 4 atom stereocenters. The predicted molar refractivity (Wildman–Crippen MR) is 117 cm³/mol. The van der Waals surface area contributed by atoms with Gasteiger partial charge >= 0.3 is 6.03 Å². The van der Waals surface area contributed by atoms with Crippen molar-refractivity contribution in [2.45, 2.75) is 50.5 Å². The van der Waals surface area contributed by atoms with Crippen molar-refractivity contribution in [1.29, 1.82) is 0 Å². The molecule has 0 aliphatic carbocycles. The molecule has 2 fully saturated rings. The van der Waals surface area contributed by atoms with Gasteiger partial charge in [-0.15, -0.1) is 0 Å². The van der Waals surface area contributed by atoms with E-state index in [0.29, 0.717) is 24.8 Å². The minimum Gasteiger partial charge on any atom is -0.497 e. The van der Waals surface area contributed by atoms with E-state index >= 15 is 0 Å². The molecule has 0 bridgehead atoms. The Labute approximate surface area is 181 Å². The molecule has 166 valence electrons. The van der Waals surface area contributed by atoms with Gasteiger partial charge in [0.25, 0.3) is 0 Å². The van der Waals surface area contributed by atoms with Gasteiger partial charge in [0.1, 0.15) is 18.0 Å². The van der Waals surface area contributed by atoms with E-state index in [1.807, 2.05) is 6.07 Å². The number of hydrogen-bond acceptors (Lipinski definition) is 7. The predicted octanol–water partition coefficient (Wildman–Crippen LogP) is 2.55. The van der Waals surface area contributed by atoms with Gasteiger partial charge in [-0.3, -0.25) is 0 Å². The van der Waals surface area contributed by atoms with Crippen LogP contribution in [0.15, 0.2) is 36.5 Å². The van der Waals surface area contributed by atoms with Crippen LogP contribution in [-0.4, -0.2) is 60.6 Å². The second-order valence-electron chi connectivity index (χ2n) is 8.80. The topological polar surface area (TPSA) is 107 Å². The second-order valence-corrected chi connectivity index (χ2v) is 8.80. The molecular weight excluding hydrogens is 398 g/mol. The first-order valence-electron chi connectivity index (χ1n) is 10.4. The number of methoxy groups -OCH3 is 1. The number of carbonyl (C=O) groups excluding carboxylic acids is 1. The molecule has 2 saturated heterocycles. The van der Waals surface area contributed by atoms with Gasteiger partial charge in [0, 0.05) is 17.3 Å². The molecule has 3 heterocycles. The summed E-state index contributed by atoms with van der Waals surface area (Å²) in [5.74, 6) is 1.28. The maximum absolute atomic E-state index is 12.4. The van der Waals surface area contributed by atoms with Crippen LogP contribution in [0.3, 0.4) is 0 Å². The largest absolute Gasteiger partial charge is 0.497 e. The smallest absolute Gasteiger partial charge is 0.319 e. The number of urea groups is 1. The summed E-state index contributed by atoms with van der Waals surface area (Å²) in [6.07, 6.45) is 1.34. The van der Waals surface area contributed by atoms with Gasteiger partial charge in [0.15, 0.2) is 0 Å². The molecule has 2 amide bonds. The quantitative estimate of drug-likeness (QED) is 0.673. The number of ether oxygens (including phenoxy) is 3. The first-order chi connectivity index (χ1) is 14.8. The fraction of sp³-hybridized carbons (Fsp3) is 0.500. The first kappa shape index (κ1) is 21.3. The minimum absolute atomic E-state index is 0.0653. The van der Waals surface area contributed by atoms with Gasteiger partial charge in [0.2, 0.25) is 5.95 Å². The Morgan fingerprint density at radius 3 is 2.42 bits per heavy atom. The van der Waals surface area contributed by atoms with Crippen LogP contribution in [0.4, 0.5) is 16.4 Å². The lowest BCUT2D eigenvalue weighted by Gasteiger charge is -2.21. The van der Waals surface area contributed by atoms with Crippen LogP contribution in [0, 0.1) is 0 Å². The number of aromatic nitrogens is 2. The Morgan fingerprint density at radius 1 is 1.06 bits per heavy atom. The molecule has 1 aromatic carbocycles. The summed E-state index contributed by atoms with van der Waals surface area (Å²) in [5.41, 5.74) is 1.57. The number of nitrogens with zero attached hydrogens (tertiary/aromatic N) is 2. The molecule has 0 radical (unpaired) electrons. The zero-order chi connectivity index (χ0) is 22.0. The highest BCUT2D eigenvalue weighted by molar-refractivity contribution is 5.89. The van der Waals surface area contributed by atoms with E-state index in [0.717, 1.165) is 11.4 Å². The van der Waals surface area contributed by atoms with Crippen molar-refractivity contribution in [1.82, 2.24) is 15.3 Å². The Hall–Kier alpha value is -2.91. The van der Waals surface area contributed by atoms with E-state index in [1.54, 1.807) is 37.6 Å². The highest BCUT2D eigenvalue weighted by atomic mass is 16.6. The van der Waals surface area contributed by atoms with Crippen LogP contribution in [0.1, 0.15) is 26.5 Å². The number of rotatable bonds is 5. The van der Waals surface area contributed by atoms with E-state index in [-0.39, 0.29) is 35.7 Å². The third-order valence-corrected chi connectivity index (χ3v) is 5.46. The molecule has 9 heteroatoms. The van der Waals surface area contributed by atoms with Crippen molar-refractivity contribution in [2.75, 3.05) is 31.0 Å². The van der Waals surface area contributed by atoms with Gasteiger partial charge in [-0.05, 0) is 30.3 Å². The fourth-order valence-electron chi connectivity index (χ4n) is 3.77. The Kier molecular flexibility index (Phi) is 5.97. The van der Waals surface area contributed by atoms with Crippen molar-refractivity contribution < 1.29 is 19.0 Å². The van der Waals surface area contributed by atoms with Crippen molar-refractivity contribution in [3.8, 4) is 5.75 Å². The maximum Gasteiger partial charge on any atom is 0.319 e. The molecule has 2 aliphatic heterocycles. The first-order valence-corrected chi connectivity index (χ1v) is 10.4. The average Bonchev–Trinajstić information content (AvgIpc) is 3.32. The van der Waals surface area contributed by atoms with Crippen molar-refractivity contribution in [2.24, 2.45) is 0 Å². The minimum atomic E-state index is -0.305. The number of fused-ring (bicyclic) bond motifs is 1. The average molecular weight is 428 g/mol. The summed E-state index contributed by atoms with van der Waals surface area (Å²) >= 11 is 0. The third-order valence-electron chi connectivity index (χ3n) is 5.46. The van der Waals surface area contributed by atoms with Crippen LogP contribution in [-0.2, 0) is 14.9 Å². The lowest BCUT2D eigenvalue weighted by atomic mass is 9.92. The zero-order valence-electron chi connectivity index (χ0n) is 18.2. The third kappa shape index (κ3) is 4.88. The molecule has 3 N–H and O–H groups in total. The number of nitrogens with one attached hydrogen (secondary N) is 3. The van der Waals surface area contributed by atoms with Gasteiger partial charge in [0.05, 0.1) is 38.1 Å². The summed E-state index contributed by atoms with van der Waals surface area (Å²) in [6, 6.07) is 8.43. The number of carbonyl (C=O) groups is 1. The monoisotopic (exact) mass is 427 g/mol. The van der Waals surface area contributed by atoms with Crippen LogP contribution in [0.2, 0.25) is 0 Å². The van der Waals surface area contributed by atoms with E-state index < -0.39 is 0 Å². The summed E-state index contributed by atoms with van der Waals surface area (Å²) in [6.45, 7) is 7.17. The Bertz CT molecular complexity index is 915. The lowest BCUT2D eigenvalue weighted by molar-refractivity contribution is 0.0683. The Balaban J connectivity index is 1.33. The summed E-state index contributed by atoms with van der Waals surface area (Å²) in [5, 5.41) is 9.11. The molecule has 0 saturated carbocycles. The highest BCUT2D eigenvalue weighted by Gasteiger charge is 2.48. The second kappa shape index (κ2) is 8.68. The highest BCUT2D eigenvalue weighted by Crippen LogP contribution is 2.29. The van der Waals surface area contributed by atoms with Gasteiger partial charge < -0.3 is 30.2 Å².